The van der Waals surface area contributed by atoms with E-state index in [-0.39, 0.29) is 0 Å². The number of nitrogens with zero attached hydrogens (tertiary/aromatic N) is 3. The first-order valence-electron chi connectivity index (χ1n) is 6.00. The molecule has 90 valence electrons. The Labute approximate surface area is 107 Å². The molecule has 1 aliphatic rings. The molecule has 1 aliphatic heterocycles. The number of benzene rings is 1. The third-order valence-corrected chi connectivity index (χ3v) is 2.97. The van der Waals surface area contributed by atoms with E-state index < -0.39 is 0 Å². The maximum Gasteiger partial charge on any atom is 0.134 e. The summed E-state index contributed by atoms with van der Waals surface area (Å²) >= 11 is 0. The summed E-state index contributed by atoms with van der Waals surface area (Å²) in [7, 11) is 2.05. The van der Waals surface area contributed by atoms with Crippen LogP contribution in [0, 0.1) is 0 Å². The molecule has 2 aromatic rings. The van der Waals surface area contributed by atoms with Crippen molar-refractivity contribution in [3.05, 3.63) is 60.9 Å². The molecule has 0 bridgehead atoms. The number of hydrogen-bond acceptors (Lipinski definition) is 3. The highest BCUT2D eigenvalue weighted by molar-refractivity contribution is 5.61. The van der Waals surface area contributed by atoms with E-state index in [0.717, 1.165) is 23.7 Å². The summed E-state index contributed by atoms with van der Waals surface area (Å²) in [6.07, 6.45) is 4.11. The average molecular weight is 237 g/mol. The van der Waals surface area contributed by atoms with Gasteiger partial charge in [0.05, 0.1) is 12.4 Å². The van der Waals surface area contributed by atoms with E-state index in [0.29, 0.717) is 0 Å². The third-order valence-electron chi connectivity index (χ3n) is 2.97. The van der Waals surface area contributed by atoms with Crippen molar-refractivity contribution in [3.8, 4) is 11.3 Å². The van der Waals surface area contributed by atoms with Crippen molar-refractivity contribution in [2.24, 2.45) is 0 Å². The first kappa shape index (κ1) is 10.8. The van der Waals surface area contributed by atoms with Gasteiger partial charge in [-0.15, -0.1) is 0 Å². The lowest BCUT2D eigenvalue weighted by Gasteiger charge is -2.17. The highest BCUT2D eigenvalue weighted by Gasteiger charge is 2.12. The normalized spacial score (nSPS) is 14.3. The largest absolute Gasteiger partial charge is 0.361 e. The predicted octanol–water partition coefficient (Wildman–Crippen LogP) is 2.93. The fraction of sp³-hybridized carbons (Fsp3) is 0.133. The summed E-state index contributed by atoms with van der Waals surface area (Å²) in [6, 6.07) is 16.4. The zero-order chi connectivity index (χ0) is 12.4. The molecule has 0 spiro atoms. The molecule has 3 rings (SSSR count). The summed E-state index contributed by atoms with van der Waals surface area (Å²) in [4.78, 5) is 8.96. The van der Waals surface area contributed by atoms with Crippen molar-refractivity contribution in [3.63, 3.8) is 0 Å². The molecule has 0 saturated heterocycles. The maximum atomic E-state index is 4.71. The maximum absolute atomic E-state index is 4.71. The number of pyridine rings is 1. The van der Waals surface area contributed by atoms with Crippen LogP contribution < -0.4 is 4.90 Å². The smallest absolute Gasteiger partial charge is 0.134 e. The van der Waals surface area contributed by atoms with Crippen molar-refractivity contribution >= 4 is 5.82 Å². The van der Waals surface area contributed by atoms with Gasteiger partial charge in [0.2, 0.25) is 0 Å². The molecule has 0 aliphatic carbocycles. The zero-order valence-electron chi connectivity index (χ0n) is 10.3. The van der Waals surface area contributed by atoms with Gasteiger partial charge in [-0.25, -0.2) is 4.98 Å². The first-order chi connectivity index (χ1) is 8.83. The Bertz CT molecular complexity index is 563. The van der Waals surface area contributed by atoms with Gasteiger partial charge >= 0.3 is 0 Å². The number of anilines is 1. The second kappa shape index (κ2) is 4.53. The quantitative estimate of drug-likeness (QED) is 0.800. The summed E-state index contributed by atoms with van der Waals surface area (Å²) in [5.74, 6) is 0.983. The third kappa shape index (κ3) is 2.07. The van der Waals surface area contributed by atoms with E-state index in [1.807, 2.05) is 30.3 Å². The van der Waals surface area contributed by atoms with Crippen LogP contribution in [0.25, 0.3) is 11.3 Å². The molecule has 0 atom stereocenters. The molecule has 2 heterocycles. The molecule has 3 heteroatoms. The van der Waals surface area contributed by atoms with Gasteiger partial charge < -0.3 is 9.80 Å². The van der Waals surface area contributed by atoms with Gasteiger partial charge in [-0.3, -0.25) is 0 Å². The molecular weight excluding hydrogens is 222 g/mol. The molecular formula is C15H15N3. The van der Waals surface area contributed by atoms with Crippen molar-refractivity contribution in [2.45, 2.75) is 0 Å². The number of rotatable bonds is 2. The van der Waals surface area contributed by atoms with E-state index in [9.17, 15) is 0 Å². The van der Waals surface area contributed by atoms with Crippen LogP contribution >= 0.6 is 0 Å². The van der Waals surface area contributed by atoms with Crippen LogP contribution in [0.3, 0.4) is 0 Å². The van der Waals surface area contributed by atoms with E-state index >= 15 is 0 Å². The second-order valence-electron chi connectivity index (χ2n) is 4.41. The van der Waals surface area contributed by atoms with Crippen molar-refractivity contribution in [1.29, 1.82) is 0 Å². The van der Waals surface area contributed by atoms with Gasteiger partial charge in [-0.2, -0.15) is 0 Å². The first-order valence-corrected chi connectivity index (χ1v) is 6.00. The SMILES string of the molecule is CN1C=CN(c2cccc(-c3ccccc3)n2)C1. The lowest BCUT2D eigenvalue weighted by atomic mass is 10.1. The lowest BCUT2D eigenvalue weighted by molar-refractivity contribution is 0.494. The van der Waals surface area contributed by atoms with Crippen LogP contribution in [0.4, 0.5) is 5.82 Å². The molecule has 0 unspecified atom stereocenters. The van der Waals surface area contributed by atoms with Gasteiger partial charge in [-0.05, 0) is 12.1 Å². The molecule has 1 aromatic heterocycles. The molecule has 0 saturated carbocycles. The van der Waals surface area contributed by atoms with Crippen LogP contribution in [0.2, 0.25) is 0 Å². The monoisotopic (exact) mass is 237 g/mol. The fourth-order valence-corrected chi connectivity index (χ4v) is 2.03. The van der Waals surface area contributed by atoms with Crippen LogP contribution in [0.5, 0.6) is 0 Å². The van der Waals surface area contributed by atoms with Gasteiger partial charge in [0, 0.05) is 25.0 Å². The van der Waals surface area contributed by atoms with Crippen molar-refractivity contribution in [1.82, 2.24) is 9.88 Å². The number of hydrogen-bond donors (Lipinski definition) is 0. The van der Waals surface area contributed by atoms with E-state index in [2.05, 4.69) is 47.4 Å². The Hall–Kier alpha value is -2.29. The van der Waals surface area contributed by atoms with Gasteiger partial charge in [0.1, 0.15) is 5.82 Å². The Morgan fingerprint density at radius 1 is 0.944 bits per heavy atom. The van der Waals surface area contributed by atoms with Crippen molar-refractivity contribution < 1.29 is 0 Å². The predicted molar refractivity (Wildman–Crippen MR) is 73.9 cm³/mol. The average Bonchev–Trinajstić information content (AvgIpc) is 2.87. The highest BCUT2D eigenvalue weighted by Crippen LogP contribution is 2.22. The number of aromatic nitrogens is 1. The summed E-state index contributed by atoms with van der Waals surface area (Å²) < 4.78 is 0. The molecule has 3 nitrogen and oxygen atoms in total. The van der Waals surface area contributed by atoms with Crippen molar-refractivity contribution in [2.75, 3.05) is 18.6 Å². The van der Waals surface area contributed by atoms with E-state index in [4.69, 9.17) is 4.98 Å². The minimum absolute atomic E-state index is 0.852. The minimum Gasteiger partial charge on any atom is -0.361 e. The Balaban J connectivity index is 1.93. The molecule has 0 N–H and O–H groups in total. The Morgan fingerprint density at radius 3 is 2.50 bits per heavy atom. The molecule has 0 radical (unpaired) electrons. The van der Waals surface area contributed by atoms with Crippen LogP contribution in [0.1, 0.15) is 0 Å². The van der Waals surface area contributed by atoms with Gasteiger partial charge in [0.15, 0.2) is 0 Å². The van der Waals surface area contributed by atoms with Crippen LogP contribution in [-0.2, 0) is 0 Å². The molecule has 18 heavy (non-hydrogen) atoms. The standard InChI is InChI=1S/C15H15N3/c1-17-10-11-18(12-17)15-9-5-8-14(16-15)13-6-3-2-4-7-13/h2-11H,12H2,1H3. The summed E-state index contributed by atoms with van der Waals surface area (Å²) in [5, 5.41) is 0. The molecule has 0 amide bonds. The van der Waals surface area contributed by atoms with Gasteiger partial charge in [0.25, 0.3) is 0 Å². The van der Waals surface area contributed by atoms with E-state index in [1.54, 1.807) is 0 Å². The van der Waals surface area contributed by atoms with Gasteiger partial charge in [-0.1, -0.05) is 36.4 Å². The van der Waals surface area contributed by atoms with Crippen LogP contribution in [-0.4, -0.2) is 23.6 Å². The zero-order valence-corrected chi connectivity index (χ0v) is 10.3. The lowest BCUT2D eigenvalue weighted by Crippen LogP contribution is -2.22. The summed E-state index contributed by atoms with van der Waals surface area (Å²) in [5.41, 5.74) is 2.16. The molecule has 0 fully saturated rings. The Morgan fingerprint density at radius 2 is 1.78 bits per heavy atom. The van der Waals surface area contributed by atoms with E-state index in [1.165, 1.54) is 0 Å². The Kier molecular flexibility index (Phi) is 2.73. The minimum atomic E-state index is 0.852. The highest BCUT2D eigenvalue weighted by atomic mass is 15.3. The van der Waals surface area contributed by atoms with Crippen LogP contribution in [0.15, 0.2) is 60.9 Å². The second-order valence-corrected chi connectivity index (χ2v) is 4.41. The fourth-order valence-electron chi connectivity index (χ4n) is 2.03. The topological polar surface area (TPSA) is 19.4 Å². The molecule has 1 aromatic carbocycles. The summed E-state index contributed by atoms with van der Waals surface area (Å²) in [6.45, 7) is 0.852.